The zero-order valence-electron chi connectivity index (χ0n) is 11.2. The molecule has 0 spiro atoms. The van der Waals surface area contributed by atoms with Crippen LogP contribution in [0, 0.1) is 0 Å². The van der Waals surface area contributed by atoms with Crippen LogP contribution >= 0.6 is 11.3 Å². The Hall–Kier alpha value is -1.28. The Bertz CT molecular complexity index is 678. The standard InChI is InChI=1S/C13H16N2O3S2/c1-3-18-9(2)13-15-12(8-19-13)10-4-6-11(7-5-10)20(14,16)17/h4-9H,3H2,1-2H3,(H2,14,16,17)/t9-/m0/s1. The number of benzene rings is 1. The minimum absolute atomic E-state index is 0.0394. The quantitative estimate of drug-likeness (QED) is 0.919. The van der Waals surface area contributed by atoms with E-state index in [0.29, 0.717) is 6.61 Å². The number of thiazole rings is 1. The molecular formula is C13H16N2O3S2. The maximum Gasteiger partial charge on any atom is 0.238 e. The number of rotatable bonds is 5. The van der Waals surface area contributed by atoms with Crippen LogP contribution in [0.4, 0.5) is 0 Å². The summed E-state index contributed by atoms with van der Waals surface area (Å²) in [7, 11) is -3.66. The molecule has 2 rings (SSSR count). The van der Waals surface area contributed by atoms with Gasteiger partial charge in [0, 0.05) is 17.6 Å². The summed E-state index contributed by atoms with van der Waals surface area (Å²) in [5.74, 6) is 0. The van der Waals surface area contributed by atoms with Crippen LogP contribution in [-0.4, -0.2) is 20.0 Å². The minimum atomic E-state index is -3.66. The third-order valence-corrected chi connectivity index (χ3v) is 4.70. The van der Waals surface area contributed by atoms with E-state index >= 15 is 0 Å². The lowest BCUT2D eigenvalue weighted by molar-refractivity contribution is 0.0762. The highest BCUT2D eigenvalue weighted by Crippen LogP contribution is 2.27. The minimum Gasteiger partial charge on any atom is -0.372 e. The number of sulfonamides is 1. The monoisotopic (exact) mass is 312 g/mol. The van der Waals surface area contributed by atoms with E-state index < -0.39 is 10.0 Å². The van der Waals surface area contributed by atoms with Gasteiger partial charge in [-0.25, -0.2) is 18.5 Å². The summed E-state index contributed by atoms with van der Waals surface area (Å²) in [5.41, 5.74) is 1.65. The highest BCUT2D eigenvalue weighted by atomic mass is 32.2. The van der Waals surface area contributed by atoms with E-state index in [2.05, 4.69) is 4.98 Å². The number of aromatic nitrogens is 1. The predicted octanol–water partition coefficient (Wildman–Crippen LogP) is 2.56. The van der Waals surface area contributed by atoms with E-state index in [-0.39, 0.29) is 11.0 Å². The first-order chi connectivity index (χ1) is 9.41. The summed E-state index contributed by atoms with van der Waals surface area (Å²) in [5, 5.41) is 7.89. The molecule has 0 fully saturated rings. The van der Waals surface area contributed by atoms with Gasteiger partial charge < -0.3 is 4.74 Å². The van der Waals surface area contributed by atoms with Crippen molar-refractivity contribution >= 4 is 21.4 Å². The molecule has 7 heteroatoms. The topological polar surface area (TPSA) is 82.3 Å². The number of nitrogens with two attached hydrogens (primary N) is 1. The average molecular weight is 312 g/mol. The third-order valence-electron chi connectivity index (χ3n) is 2.76. The van der Waals surface area contributed by atoms with Crippen LogP contribution in [0.25, 0.3) is 11.3 Å². The molecule has 1 heterocycles. The second-order valence-electron chi connectivity index (χ2n) is 4.24. The van der Waals surface area contributed by atoms with Gasteiger partial charge in [-0.1, -0.05) is 12.1 Å². The largest absolute Gasteiger partial charge is 0.372 e. The van der Waals surface area contributed by atoms with Crippen LogP contribution < -0.4 is 5.14 Å². The molecule has 2 N–H and O–H groups in total. The fourth-order valence-corrected chi connectivity index (χ4v) is 3.09. The fraction of sp³-hybridized carbons (Fsp3) is 0.308. The van der Waals surface area contributed by atoms with Gasteiger partial charge in [0.15, 0.2) is 0 Å². The van der Waals surface area contributed by atoms with E-state index in [0.717, 1.165) is 16.3 Å². The van der Waals surface area contributed by atoms with E-state index in [9.17, 15) is 8.42 Å². The van der Waals surface area contributed by atoms with Crippen molar-refractivity contribution in [3.8, 4) is 11.3 Å². The number of nitrogens with zero attached hydrogens (tertiary/aromatic N) is 1. The number of ether oxygens (including phenoxy) is 1. The fourth-order valence-electron chi connectivity index (χ4n) is 1.74. The lowest BCUT2D eigenvalue weighted by atomic mass is 10.2. The second-order valence-corrected chi connectivity index (χ2v) is 6.69. The van der Waals surface area contributed by atoms with Gasteiger partial charge in [0.05, 0.1) is 10.6 Å². The summed E-state index contributed by atoms with van der Waals surface area (Å²) in [4.78, 5) is 4.60. The Morgan fingerprint density at radius 2 is 2.00 bits per heavy atom. The van der Waals surface area contributed by atoms with E-state index in [4.69, 9.17) is 9.88 Å². The highest BCUT2D eigenvalue weighted by Gasteiger charge is 2.12. The molecule has 1 atom stereocenters. The van der Waals surface area contributed by atoms with Crippen molar-refractivity contribution in [3.63, 3.8) is 0 Å². The Balaban J connectivity index is 2.24. The van der Waals surface area contributed by atoms with Crippen molar-refractivity contribution < 1.29 is 13.2 Å². The Kier molecular flexibility index (Phi) is 4.54. The zero-order valence-corrected chi connectivity index (χ0v) is 12.9. The lowest BCUT2D eigenvalue weighted by Gasteiger charge is -2.07. The summed E-state index contributed by atoms with van der Waals surface area (Å²) < 4.78 is 27.9. The number of hydrogen-bond acceptors (Lipinski definition) is 5. The summed E-state index contributed by atoms with van der Waals surface area (Å²) in [6.45, 7) is 4.53. The first-order valence-corrected chi connectivity index (χ1v) is 8.54. The molecular weight excluding hydrogens is 296 g/mol. The van der Waals surface area contributed by atoms with E-state index in [1.54, 1.807) is 12.1 Å². The SMILES string of the molecule is CCO[C@@H](C)c1nc(-c2ccc(S(N)(=O)=O)cc2)cs1. The molecule has 2 aromatic rings. The second kappa shape index (κ2) is 6.01. The number of primary sulfonamides is 1. The number of hydrogen-bond donors (Lipinski definition) is 1. The molecule has 0 radical (unpaired) electrons. The molecule has 1 aromatic heterocycles. The normalized spacial score (nSPS) is 13.3. The molecule has 0 aliphatic heterocycles. The lowest BCUT2D eigenvalue weighted by Crippen LogP contribution is -2.11. The molecule has 0 aliphatic carbocycles. The van der Waals surface area contributed by atoms with Crippen molar-refractivity contribution in [2.75, 3.05) is 6.61 Å². The molecule has 0 unspecified atom stereocenters. The maximum absolute atomic E-state index is 11.2. The smallest absolute Gasteiger partial charge is 0.238 e. The molecule has 0 saturated heterocycles. The van der Waals surface area contributed by atoms with Gasteiger partial charge in [-0.3, -0.25) is 0 Å². The maximum atomic E-state index is 11.2. The molecule has 0 amide bonds. The van der Waals surface area contributed by atoms with Gasteiger partial charge in [-0.05, 0) is 26.0 Å². The van der Waals surface area contributed by atoms with Gasteiger partial charge in [0.25, 0.3) is 0 Å². The first kappa shape index (κ1) is 15.1. The molecule has 5 nitrogen and oxygen atoms in total. The van der Waals surface area contributed by atoms with Gasteiger partial charge in [0.2, 0.25) is 10.0 Å². The van der Waals surface area contributed by atoms with Crippen molar-refractivity contribution in [2.45, 2.75) is 24.8 Å². The van der Waals surface area contributed by atoms with Gasteiger partial charge >= 0.3 is 0 Å². The van der Waals surface area contributed by atoms with Gasteiger partial charge in [-0.15, -0.1) is 11.3 Å². The summed E-state index contributed by atoms with van der Waals surface area (Å²) in [6.07, 6.45) is -0.0394. The Morgan fingerprint density at radius 3 is 2.55 bits per heavy atom. The predicted molar refractivity (Wildman–Crippen MR) is 79.0 cm³/mol. The van der Waals surface area contributed by atoms with Crippen molar-refractivity contribution in [3.05, 3.63) is 34.7 Å². The zero-order chi connectivity index (χ0) is 14.8. The van der Waals surface area contributed by atoms with Crippen molar-refractivity contribution in [1.29, 1.82) is 0 Å². The van der Waals surface area contributed by atoms with Crippen LogP contribution in [0.15, 0.2) is 34.5 Å². The molecule has 0 saturated carbocycles. The van der Waals surface area contributed by atoms with E-state index in [1.165, 1.54) is 23.5 Å². The van der Waals surface area contributed by atoms with Gasteiger partial charge in [0.1, 0.15) is 11.1 Å². The highest BCUT2D eigenvalue weighted by molar-refractivity contribution is 7.89. The van der Waals surface area contributed by atoms with Crippen LogP contribution in [0.2, 0.25) is 0 Å². The molecule has 108 valence electrons. The Morgan fingerprint density at radius 1 is 1.35 bits per heavy atom. The average Bonchev–Trinajstić information content (AvgIpc) is 2.88. The van der Waals surface area contributed by atoms with Crippen LogP contribution in [0.5, 0.6) is 0 Å². The van der Waals surface area contributed by atoms with Gasteiger partial charge in [-0.2, -0.15) is 0 Å². The molecule has 0 bridgehead atoms. The van der Waals surface area contributed by atoms with Crippen LogP contribution in [0.3, 0.4) is 0 Å². The van der Waals surface area contributed by atoms with Crippen LogP contribution in [0.1, 0.15) is 25.0 Å². The molecule has 20 heavy (non-hydrogen) atoms. The summed E-state index contributed by atoms with van der Waals surface area (Å²) >= 11 is 1.52. The summed E-state index contributed by atoms with van der Waals surface area (Å²) in [6, 6.07) is 6.36. The van der Waals surface area contributed by atoms with Crippen LogP contribution in [-0.2, 0) is 14.8 Å². The first-order valence-electron chi connectivity index (χ1n) is 6.12. The molecule has 0 aliphatic rings. The van der Waals surface area contributed by atoms with Crippen molar-refractivity contribution in [2.24, 2.45) is 5.14 Å². The molecule has 1 aromatic carbocycles. The Labute approximate surface area is 122 Å². The third kappa shape index (κ3) is 3.43. The van der Waals surface area contributed by atoms with E-state index in [1.807, 2.05) is 19.2 Å². The van der Waals surface area contributed by atoms with Crippen molar-refractivity contribution in [1.82, 2.24) is 4.98 Å².